The van der Waals surface area contributed by atoms with Gasteiger partial charge in [0.1, 0.15) is 17.9 Å². The fraction of sp³-hybridized carbons (Fsp3) is 0.286. The summed E-state index contributed by atoms with van der Waals surface area (Å²) in [6.07, 6.45) is -1.35. The van der Waals surface area contributed by atoms with Crippen LogP contribution in [0.15, 0.2) is 51.7 Å². The largest absolute Gasteiger partial charge is 0.423 e. The molecule has 0 amide bonds. The van der Waals surface area contributed by atoms with Crippen molar-refractivity contribution in [1.82, 2.24) is 4.57 Å². The molecule has 0 saturated carbocycles. The minimum atomic E-state index is -0.725. The van der Waals surface area contributed by atoms with E-state index in [0.717, 1.165) is 32.8 Å². The zero-order valence-corrected chi connectivity index (χ0v) is 14.8. The first-order valence-electron chi connectivity index (χ1n) is 8.98. The highest BCUT2D eigenvalue weighted by Gasteiger charge is 2.35. The highest BCUT2D eigenvalue weighted by atomic mass is 16.5. The minimum absolute atomic E-state index is 0.230. The quantitative estimate of drug-likeness (QED) is 0.534. The maximum absolute atomic E-state index is 11.8. The average Bonchev–Trinajstić information content (AvgIpc) is 3.17. The number of ether oxygens (including phenoxy) is 1. The van der Waals surface area contributed by atoms with Gasteiger partial charge in [0.15, 0.2) is 0 Å². The second-order valence-electron chi connectivity index (χ2n) is 7.12. The van der Waals surface area contributed by atoms with Gasteiger partial charge in [-0.05, 0) is 24.6 Å². The Morgan fingerprint density at radius 3 is 2.70 bits per heavy atom. The monoisotopic (exact) mass is 365 g/mol. The number of aliphatic hydroxyl groups is 2. The molecular weight excluding hydrogens is 346 g/mol. The van der Waals surface area contributed by atoms with Crippen molar-refractivity contribution in [1.29, 1.82) is 0 Å². The van der Waals surface area contributed by atoms with Crippen LogP contribution < -0.4 is 5.63 Å². The van der Waals surface area contributed by atoms with Gasteiger partial charge < -0.3 is 23.9 Å². The molecule has 6 heteroatoms. The highest BCUT2D eigenvalue weighted by Crippen LogP contribution is 2.39. The number of aryl methyl sites for hydroxylation is 1. The number of rotatable bonds is 2. The fourth-order valence-corrected chi connectivity index (χ4v) is 4.16. The van der Waals surface area contributed by atoms with Crippen molar-refractivity contribution in [3.63, 3.8) is 0 Å². The summed E-state index contributed by atoms with van der Waals surface area (Å²) in [7, 11) is 0. The SMILES string of the molecule is Cc1cc(=O)oc2cc3c(cc12)c1ccccc1n3[C@H]1CC(O)[C@@H](CO)O1. The molecule has 0 radical (unpaired) electrons. The van der Waals surface area contributed by atoms with E-state index in [-0.39, 0.29) is 12.2 Å². The number of nitrogens with zero attached hydrogens (tertiary/aromatic N) is 1. The van der Waals surface area contributed by atoms with E-state index in [1.807, 2.05) is 47.9 Å². The molecule has 0 bridgehead atoms. The zero-order valence-electron chi connectivity index (χ0n) is 14.8. The maximum atomic E-state index is 11.8. The van der Waals surface area contributed by atoms with Gasteiger partial charge >= 0.3 is 5.63 Å². The Balaban J connectivity index is 1.85. The van der Waals surface area contributed by atoms with Gasteiger partial charge in [0.05, 0.1) is 23.7 Å². The predicted molar refractivity (Wildman–Crippen MR) is 102 cm³/mol. The molecule has 138 valence electrons. The molecule has 1 saturated heterocycles. The summed E-state index contributed by atoms with van der Waals surface area (Å²) in [4.78, 5) is 11.8. The molecule has 1 aliphatic rings. The smallest absolute Gasteiger partial charge is 0.336 e. The first-order chi connectivity index (χ1) is 13.1. The highest BCUT2D eigenvalue weighted by molar-refractivity contribution is 6.12. The molecular formula is C21H19NO5. The minimum Gasteiger partial charge on any atom is -0.423 e. The van der Waals surface area contributed by atoms with Crippen molar-refractivity contribution < 1.29 is 19.4 Å². The topological polar surface area (TPSA) is 84.8 Å². The molecule has 3 atom stereocenters. The van der Waals surface area contributed by atoms with Crippen LogP contribution in [0.25, 0.3) is 32.8 Å². The zero-order chi connectivity index (χ0) is 18.7. The molecule has 1 aliphatic heterocycles. The van der Waals surface area contributed by atoms with Crippen LogP contribution in [0.1, 0.15) is 18.2 Å². The van der Waals surface area contributed by atoms with Crippen molar-refractivity contribution >= 4 is 32.8 Å². The van der Waals surface area contributed by atoms with Crippen molar-refractivity contribution in [2.45, 2.75) is 31.8 Å². The van der Waals surface area contributed by atoms with Crippen molar-refractivity contribution in [3.8, 4) is 0 Å². The molecule has 4 aromatic rings. The lowest BCUT2D eigenvalue weighted by Crippen LogP contribution is -2.24. The van der Waals surface area contributed by atoms with Crippen LogP contribution >= 0.6 is 0 Å². The van der Waals surface area contributed by atoms with Crippen LogP contribution in [0.3, 0.4) is 0 Å². The van der Waals surface area contributed by atoms with Crippen LogP contribution in [0.4, 0.5) is 0 Å². The third kappa shape index (κ3) is 2.41. The van der Waals surface area contributed by atoms with Crippen molar-refractivity contribution in [2.75, 3.05) is 6.61 Å². The van der Waals surface area contributed by atoms with E-state index in [0.29, 0.717) is 12.0 Å². The summed E-state index contributed by atoms with van der Waals surface area (Å²) in [5, 5.41) is 22.6. The van der Waals surface area contributed by atoms with Crippen molar-refractivity contribution in [2.24, 2.45) is 0 Å². The number of fused-ring (bicyclic) bond motifs is 4. The standard InChI is InChI=1S/C21H19NO5/c1-11-6-21(25)27-18-8-16-14(7-13(11)18)12-4-2-3-5-15(12)22(16)20-9-17(24)19(10-23)26-20/h2-8,17,19-20,23-24H,9-10H2,1H3/t17?,19-,20-/m1/s1. The van der Waals surface area contributed by atoms with Crippen LogP contribution in [0.5, 0.6) is 0 Å². The number of hydrogen-bond acceptors (Lipinski definition) is 5. The van der Waals surface area contributed by atoms with E-state index in [1.54, 1.807) is 0 Å². The van der Waals surface area contributed by atoms with Gasteiger partial charge in [-0.15, -0.1) is 0 Å². The molecule has 0 spiro atoms. The number of para-hydroxylation sites is 1. The van der Waals surface area contributed by atoms with Crippen molar-refractivity contribution in [3.05, 3.63) is 58.4 Å². The summed E-state index contributed by atoms with van der Waals surface area (Å²) in [5.74, 6) is 0. The molecule has 1 unspecified atom stereocenters. The lowest BCUT2D eigenvalue weighted by atomic mass is 10.1. The second kappa shape index (κ2) is 5.92. The predicted octanol–water partition coefficient (Wildman–Crippen LogP) is 2.85. The Labute approximate surface area is 154 Å². The van der Waals surface area contributed by atoms with Gasteiger partial charge in [0, 0.05) is 34.7 Å². The van der Waals surface area contributed by atoms with E-state index >= 15 is 0 Å². The van der Waals surface area contributed by atoms with E-state index in [4.69, 9.17) is 9.15 Å². The number of benzene rings is 2. The Hall–Kier alpha value is -2.67. The molecule has 27 heavy (non-hydrogen) atoms. The van der Waals surface area contributed by atoms with Crippen LogP contribution in [0.2, 0.25) is 0 Å². The lowest BCUT2D eigenvalue weighted by Gasteiger charge is -2.16. The van der Waals surface area contributed by atoms with Gasteiger partial charge in [-0.2, -0.15) is 0 Å². The fourth-order valence-electron chi connectivity index (χ4n) is 4.16. The third-order valence-electron chi connectivity index (χ3n) is 5.45. The Kier molecular flexibility index (Phi) is 3.62. The van der Waals surface area contributed by atoms with Gasteiger partial charge in [-0.25, -0.2) is 4.79 Å². The van der Waals surface area contributed by atoms with E-state index in [1.165, 1.54) is 6.07 Å². The van der Waals surface area contributed by atoms with Gasteiger partial charge in [0.2, 0.25) is 0 Å². The first-order valence-corrected chi connectivity index (χ1v) is 8.98. The van der Waals surface area contributed by atoms with Crippen LogP contribution in [0, 0.1) is 6.92 Å². The molecule has 5 rings (SSSR count). The lowest BCUT2D eigenvalue weighted by molar-refractivity contribution is -0.0416. The van der Waals surface area contributed by atoms with E-state index in [2.05, 4.69) is 0 Å². The number of aromatic nitrogens is 1. The third-order valence-corrected chi connectivity index (χ3v) is 5.45. The molecule has 0 aliphatic carbocycles. The average molecular weight is 365 g/mol. The second-order valence-corrected chi connectivity index (χ2v) is 7.12. The summed E-state index contributed by atoms with van der Waals surface area (Å²) in [6, 6.07) is 13.4. The summed E-state index contributed by atoms with van der Waals surface area (Å²) in [5.41, 5.74) is 2.85. The van der Waals surface area contributed by atoms with Crippen LogP contribution in [-0.2, 0) is 4.74 Å². The number of hydrogen-bond donors (Lipinski definition) is 2. The van der Waals surface area contributed by atoms with Crippen LogP contribution in [-0.4, -0.2) is 33.6 Å². The summed E-state index contributed by atoms with van der Waals surface area (Å²) >= 11 is 0. The molecule has 1 fully saturated rings. The maximum Gasteiger partial charge on any atom is 0.336 e. The van der Waals surface area contributed by atoms with Gasteiger partial charge in [-0.3, -0.25) is 0 Å². The Bertz CT molecular complexity index is 1240. The van der Waals surface area contributed by atoms with E-state index < -0.39 is 18.4 Å². The van der Waals surface area contributed by atoms with Gasteiger partial charge in [0.25, 0.3) is 0 Å². The molecule has 2 N–H and O–H groups in total. The summed E-state index contributed by atoms with van der Waals surface area (Å²) < 4.78 is 13.4. The normalized spacial score (nSPS) is 23.0. The molecule has 6 nitrogen and oxygen atoms in total. The Morgan fingerprint density at radius 1 is 1.11 bits per heavy atom. The number of aliphatic hydroxyl groups excluding tert-OH is 2. The molecule has 2 aromatic heterocycles. The molecule has 3 heterocycles. The van der Waals surface area contributed by atoms with Gasteiger partial charge in [-0.1, -0.05) is 18.2 Å². The van der Waals surface area contributed by atoms with E-state index in [9.17, 15) is 15.0 Å². The molecule has 2 aromatic carbocycles. The summed E-state index contributed by atoms with van der Waals surface area (Å²) in [6.45, 7) is 1.67. The first kappa shape index (κ1) is 16.5. The Morgan fingerprint density at radius 2 is 1.93 bits per heavy atom.